The molecule has 0 aromatic heterocycles. The van der Waals surface area contributed by atoms with Gasteiger partial charge >= 0.3 is 0 Å². The predicted molar refractivity (Wildman–Crippen MR) is 74.4 cm³/mol. The fourth-order valence-corrected chi connectivity index (χ4v) is 3.73. The highest BCUT2D eigenvalue weighted by molar-refractivity contribution is 6.74. The second-order valence-corrected chi connectivity index (χ2v) is 11.6. The van der Waals surface area contributed by atoms with Crippen LogP contribution in [0.4, 0.5) is 0 Å². The molecule has 1 aliphatic carbocycles. The van der Waals surface area contributed by atoms with Crippen molar-refractivity contribution in [3.8, 4) is 0 Å². The van der Waals surface area contributed by atoms with Crippen LogP contribution in [0.25, 0.3) is 0 Å². The maximum atomic E-state index is 6.48. The minimum absolute atomic E-state index is 0.0976. The zero-order valence-electron chi connectivity index (χ0n) is 12.3. The molecule has 0 spiro atoms. The van der Waals surface area contributed by atoms with E-state index < -0.39 is 8.32 Å². The monoisotopic (exact) mass is 271 g/mol. The fourth-order valence-electron chi connectivity index (χ4n) is 2.40. The molecule has 0 N–H and O–H groups in total. The Labute approximate surface area is 111 Å². The molecule has 1 fully saturated rings. The third-order valence-corrected chi connectivity index (χ3v) is 9.07. The molecule has 5 heteroatoms. The highest BCUT2D eigenvalue weighted by atomic mass is 28.4. The molecule has 1 heterocycles. The normalized spacial score (nSPS) is 32.1. The van der Waals surface area contributed by atoms with E-state index in [1.807, 2.05) is 0 Å². The van der Waals surface area contributed by atoms with Crippen LogP contribution in [0.15, 0.2) is 5.16 Å². The predicted octanol–water partition coefficient (Wildman–Crippen LogP) is 2.80. The lowest BCUT2D eigenvalue weighted by Gasteiger charge is -2.39. The average molecular weight is 271 g/mol. The number of rotatable bonds is 3. The molecule has 4 nitrogen and oxygen atoms in total. The summed E-state index contributed by atoms with van der Waals surface area (Å²) in [5.41, 5.74) is 1.12. The van der Waals surface area contributed by atoms with Crippen molar-refractivity contribution in [3.63, 3.8) is 0 Å². The highest BCUT2D eigenvalue weighted by Crippen LogP contribution is 2.41. The molecule has 0 aromatic carbocycles. The van der Waals surface area contributed by atoms with Crippen LogP contribution in [0, 0.1) is 5.92 Å². The summed E-state index contributed by atoms with van der Waals surface area (Å²) in [7, 11) is 0.00620. The zero-order valence-corrected chi connectivity index (χ0v) is 13.3. The summed E-state index contributed by atoms with van der Waals surface area (Å²) in [6.45, 7) is 12.0. The first kappa shape index (κ1) is 14.0. The lowest BCUT2D eigenvalue weighted by molar-refractivity contribution is -0.0198. The summed E-state index contributed by atoms with van der Waals surface area (Å²) in [6.07, 6.45) is 1.10. The summed E-state index contributed by atoms with van der Waals surface area (Å²) in [6, 6.07) is 0. The molecule has 104 valence electrons. The average Bonchev–Trinajstić information content (AvgIpc) is 2.74. The highest BCUT2D eigenvalue weighted by Gasteiger charge is 2.49. The van der Waals surface area contributed by atoms with Gasteiger partial charge in [-0.25, -0.2) is 0 Å². The minimum atomic E-state index is -1.75. The van der Waals surface area contributed by atoms with E-state index in [2.05, 4.69) is 39.0 Å². The van der Waals surface area contributed by atoms with Gasteiger partial charge in [-0.1, -0.05) is 25.9 Å². The molecule has 0 amide bonds. The van der Waals surface area contributed by atoms with Crippen molar-refractivity contribution in [1.29, 1.82) is 0 Å². The van der Waals surface area contributed by atoms with Crippen molar-refractivity contribution in [2.24, 2.45) is 11.1 Å². The SMILES string of the molecule is CO[C@H]1[C@@H]2CON=C2C[C@H]1O[Si](C)(C)C(C)(C)C. The molecule has 0 radical (unpaired) electrons. The molecular formula is C13H25NO3Si. The van der Waals surface area contributed by atoms with Crippen LogP contribution < -0.4 is 0 Å². The Morgan fingerprint density at radius 3 is 2.56 bits per heavy atom. The van der Waals surface area contributed by atoms with Gasteiger partial charge in [0.2, 0.25) is 0 Å². The van der Waals surface area contributed by atoms with Crippen LogP contribution in [0.3, 0.4) is 0 Å². The van der Waals surface area contributed by atoms with E-state index in [1.54, 1.807) is 7.11 Å². The van der Waals surface area contributed by atoms with Gasteiger partial charge in [0.25, 0.3) is 0 Å². The number of nitrogens with zero attached hydrogens (tertiary/aromatic N) is 1. The van der Waals surface area contributed by atoms with E-state index in [0.717, 1.165) is 12.1 Å². The maximum Gasteiger partial charge on any atom is 0.192 e. The smallest absolute Gasteiger partial charge is 0.192 e. The lowest BCUT2D eigenvalue weighted by Crippen LogP contribution is -2.47. The van der Waals surface area contributed by atoms with Gasteiger partial charge in [-0.05, 0) is 18.1 Å². The van der Waals surface area contributed by atoms with E-state index in [1.165, 1.54) is 0 Å². The van der Waals surface area contributed by atoms with Gasteiger partial charge in [-0.2, -0.15) is 0 Å². The zero-order chi connectivity index (χ0) is 13.6. The standard InChI is InChI=1S/C13H25NO3Si/c1-13(2,3)18(5,6)17-11-7-10-9(8-16-14-10)12(11)15-4/h9,11-12H,7-8H2,1-6H3/t9-,11-,12+/m1/s1. The Bertz CT molecular complexity index is 349. The number of hydrogen-bond donors (Lipinski definition) is 0. The van der Waals surface area contributed by atoms with Crippen molar-refractivity contribution in [1.82, 2.24) is 0 Å². The van der Waals surface area contributed by atoms with Crippen molar-refractivity contribution in [2.75, 3.05) is 13.7 Å². The lowest BCUT2D eigenvalue weighted by atomic mass is 10.1. The summed E-state index contributed by atoms with van der Waals surface area (Å²) in [4.78, 5) is 5.15. The topological polar surface area (TPSA) is 40.0 Å². The van der Waals surface area contributed by atoms with Gasteiger partial charge in [0.05, 0.1) is 23.8 Å². The third kappa shape index (κ3) is 2.35. The first-order valence-electron chi connectivity index (χ1n) is 6.65. The van der Waals surface area contributed by atoms with Crippen LogP contribution in [0.5, 0.6) is 0 Å². The number of methoxy groups -OCH3 is 1. The molecule has 1 aliphatic heterocycles. The van der Waals surface area contributed by atoms with Crippen molar-refractivity contribution in [3.05, 3.63) is 0 Å². The van der Waals surface area contributed by atoms with Crippen molar-refractivity contribution < 1.29 is 14.0 Å². The quantitative estimate of drug-likeness (QED) is 0.741. The number of ether oxygens (including phenoxy) is 1. The van der Waals surface area contributed by atoms with Gasteiger partial charge in [-0.15, -0.1) is 0 Å². The summed E-state index contributed by atoms with van der Waals surface area (Å²) in [5.74, 6) is 0.296. The molecule has 18 heavy (non-hydrogen) atoms. The Morgan fingerprint density at radius 1 is 1.33 bits per heavy atom. The first-order valence-corrected chi connectivity index (χ1v) is 9.56. The van der Waals surface area contributed by atoms with Gasteiger partial charge in [0.1, 0.15) is 6.61 Å². The van der Waals surface area contributed by atoms with Gasteiger partial charge in [0.15, 0.2) is 8.32 Å². The van der Waals surface area contributed by atoms with Crippen LogP contribution >= 0.6 is 0 Å². The minimum Gasteiger partial charge on any atom is -0.411 e. The number of hydrogen-bond acceptors (Lipinski definition) is 4. The molecule has 0 bridgehead atoms. The van der Waals surface area contributed by atoms with Crippen LogP contribution in [-0.4, -0.2) is 40.0 Å². The second kappa shape index (κ2) is 4.61. The number of oxime groups is 1. The molecule has 0 unspecified atom stereocenters. The van der Waals surface area contributed by atoms with E-state index in [4.69, 9.17) is 14.0 Å². The van der Waals surface area contributed by atoms with Gasteiger partial charge in [0, 0.05) is 13.5 Å². The van der Waals surface area contributed by atoms with Crippen molar-refractivity contribution in [2.45, 2.75) is 57.5 Å². The summed E-state index contributed by atoms with van der Waals surface area (Å²) < 4.78 is 12.1. The van der Waals surface area contributed by atoms with E-state index >= 15 is 0 Å². The van der Waals surface area contributed by atoms with Gasteiger partial charge in [-0.3, -0.25) is 0 Å². The maximum absolute atomic E-state index is 6.48. The Balaban J connectivity index is 2.10. The molecule has 0 aromatic rings. The molecule has 2 aliphatic rings. The molecule has 0 saturated heterocycles. The van der Waals surface area contributed by atoms with Crippen LogP contribution in [0.1, 0.15) is 27.2 Å². The Hall–Kier alpha value is -0.393. The number of fused-ring (bicyclic) bond motifs is 1. The molecule has 3 atom stereocenters. The fraction of sp³-hybridized carbons (Fsp3) is 0.923. The van der Waals surface area contributed by atoms with Crippen LogP contribution in [0.2, 0.25) is 18.1 Å². The Morgan fingerprint density at radius 2 is 2.00 bits per heavy atom. The summed E-state index contributed by atoms with van der Waals surface area (Å²) in [5, 5.41) is 4.33. The van der Waals surface area contributed by atoms with E-state index in [0.29, 0.717) is 12.5 Å². The second-order valence-electron chi connectivity index (χ2n) is 6.81. The molecule has 1 saturated carbocycles. The first-order chi connectivity index (χ1) is 8.26. The summed E-state index contributed by atoms with van der Waals surface area (Å²) >= 11 is 0. The largest absolute Gasteiger partial charge is 0.411 e. The molecule has 2 rings (SSSR count). The van der Waals surface area contributed by atoms with Crippen molar-refractivity contribution >= 4 is 14.0 Å². The van der Waals surface area contributed by atoms with E-state index in [9.17, 15) is 0 Å². The Kier molecular flexibility index (Phi) is 3.60. The van der Waals surface area contributed by atoms with Gasteiger partial charge < -0.3 is 14.0 Å². The van der Waals surface area contributed by atoms with Crippen LogP contribution in [-0.2, 0) is 14.0 Å². The third-order valence-electron chi connectivity index (χ3n) is 4.56. The molecular weight excluding hydrogens is 246 g/mol. The van der Waals surface area contributed by atoms with E-state index in [-0.39, 0.29) is 17.2 Å².